The zero-order valence-corrected chi connectivity index (χ0v) is 11.7. The third-order valence-corrected chi connectivity index (χ3v) is 3.69. The van der Waals surface area contributed by atoms with Gasteiger partial charge in [-0.05, 0) is 17.9 Å². The minimum atomic E-state index is -0.194. The Labute approximate surface area is 110 Å². The van der Waals surface area contributed by atoms with E-state index in [0.29, 0.717) is 0 Å². The van der Waals surface area contributed by atoms with E-state index in [2.05, 4.69) is 11.9 Å². The average molecular weight is 245 g/mol. The molecule has 1 amide bonds. The van der Waals surface area contributed by atoms with Gasteiger partial charge in [0, 0.05) is 5.92 Å². The van der Waals surface area contributed by atoms with E-state index in [0.717, 1.165) is 5.56 Å². The maximum atomic E-state index is 12.2. The Balaban J connectivity index is 2.68. The lowest BCUT2D eigenvalue weighted by molar-refractivity contribution is -0.127. The van der Waals surface area contributed by atoms with Gasteiger partial charge in [0.1, 0.15) is 0 Å². The second-order valence-corrected chi connectivity index (χ2v) is 5.39. The molecule has 98 valence electrons. The molecule has 0 aliphatic carbocycles. The SMILES string of the molecule is C=CC(C)(C)[C@@H](C)C(=O)N[C@@H](C)c1ccccc1. The highest BCUT2D eigenvalue weighted by molar-refractivity contribution is 5.79. The molecule has 2 heteroatoms. The number of nitrogens with one attached hydrogen (secondary N) is 1. The first-order valence-corrected chi connectivity index (χ1v) is 6.37. The Morgan fingerprint density at radius 1 is 1.28 bits per heavy atom. The molecular formula is C16H23NO. The lowest BCUT2D eigenvalue weighted by atomic mass is 9.79. The highest BCUT2D eigenvalue weighted by atomic mass is 16.1. The van der Waals surface area contributed by atoms with E-state index in [4.69, 9.17) is 0 Å². The van der Waals surface area contributed by atoms with Crippen LogP contribution in [0.1, 0.15) is 39.3 Å². The second-order valence-electron chi connectivity index (χ2n) is 5.39. The lowest BCUT2D eigenvalue weighted by Gasteiger charge is -2.28. The highest BCUT2D eigenvalue weighted by Crippen LogP contribution is 2.28. The number of allylic oxidation sites excluding steroid dienone is 1. The maximum absolute atomic E-state index is 12.2. The van der Waals surface area contributed by atoms with E-state index in [1.54, 1.807) is 0 Å². The van der Waals surface area contributed by atoms with Crippen molar-refractivity contribution in [2.45, 2.75) is 33.7 Å². The fourth-order valence-electron chi connectivity index (χ4n) is 1.68. The quantitative estimate of drug-likeness (QED) is 0.787. The summed E-state index contributed by atoms with van der Waals surface area (Å²) in [6, 6.07) is 10.0. The van der Waals surface area contributed by atoms with Crippen molar-refractivity contribution in [3.63, 3.8) is 0 Å². The van der Waals surface area contributed by atoms with Crippen molar-refractivity contribution < 1.29 is 4.79 Å². The summed E-state index contributed by atoms with van der Waals surface area (Å²) in [6.07, 6.45) is 1.84. The summed E-state index contributed by atoms with van der Waals surface area (Å²) < 4.78 is 0. The van der Waals surface area contributed by atoms with Gasteiger partial charge in [-0.1, -0.05) is 57.2 Å². The molecule has 0 saturated carbocycles. The maximum Gasteiger partial charge on any atom is 0.224 e. The van der Waals surface area contributed by atoms with Crippen molar-refractivity contribution in [2.75, 3.05) is 0 Å². The molecule has 0 unspecified atom stereocenters. The molecule has 0 aromatic heterocycles. The molecule has 0 radical (unpaired) electrons. The molecule has 18 heavy (non-hydrogen) atoms. The summed E-state index contributed by atoms with van der Waals surface area (Å²) in [6.45, 7) is 11.8. The Morgan fingerprint density at radius 3 is 2.33 bits per heavy atom. The summed E-state index contributed by atoms with van der Waals surface area (Å²) in [5.41, 5.74) is 0.926. The highest BCUT2D eigenvalue weighted by Gasteiger charge is 2.29. The summed E-state index contributed by atoms with van der Waals surface area (Å²) in [5, 5.41) is 3.05. The fourth-order valence-corrected chi connectivity index (χ4v) is 1.68. The molecule has 0 heterocycles. The van der Waals surface area contributed by atoms with Crippen LogP contribution >= 0.6 is 0 Å². The van der Waals surface area contributed by atoms with Crippen LogP contribution < -0.4 is 5.32 Å². The molecule has 1 N–H and O–H groups in total. The van der Waals surface area contributed by atoms with Gasteiger partial charge >= 0.3 is 0 Å². The van der Waals surface area contributed by atoms with Crippen LogP contribution in [-0.4, -0.2) is 5.91 Å². The van der Waals surface area contributed by atoms with Crippen molar-refractivity contribution in [1.29, 1.82) is 0 Å². The van der Waals surface area contributed by atoms with E-state index < -0.39 is 0 Å². The standard InChI is InChI=1S/C16H23NO/c1-6-16(4,5)12(2)15(18)17-13(3)14-10-8-7-9-11-14/h6-13H,1H2,2-5H3,(H,17,18)/t12-,13-/m0/s1. The van der Waals surface area contributed by atoms with Crippen LogP contribution in [0.15, 0.2) is 43.0 Å². The van der Waals surface area contributed by atoms with Gasteiger partial charge in [0.2, 0.25) is 5.91 Å². The first-order chi connectivity index (χ1) is 8.38. The van der Waals surface area contributed by atoms with Gasteiger partial charge in [0.05, 0.1) is 6.04 Å². The molecule has 0 aliphatic heterocycles. The molecule has 0 aliphatic rings. The van der Waals surface area contributed by atoms with Gasteiger partial charge < -0.3 is 5.32 Å². The van der Waals surface area contributed by atoms with Crippen LogP contribution in [0.4, 0.5) is 0 Å². The van der Waals surface area contributed by atoms with Gasteiger partial charge in [-0.25, -0.2) is 0 Å². The number of carbonyl (C=O) groups is 1. The zero-order chi connectivity index (χ0) is 13.8. The zero-order valence-electron chi connectivity index (χ0n) is 11.7. The normalized spacial score (nSPS) is 14.7. The average Bonchev–Trinajstić information content (AvgIpc) is 2.38. The topological polar surface area (TPSA) is 29.1 Å². The summed E-state index contributed by atoms with van der Waals surface area (Å²) in [7, 11) is 0. The molecule has 1 aromatic carbocycles. The predicted octanol–water partition coefficient (Wildman–Crippen LogP) is 3.71. The second kappa shape index (κ2) is 5.85. The number of hydrogen-bond donors (Lipinski definition) is 1. The van der Waals surface area contributed by atoms with Crippen LogP contribution in [0.25, 0.3) is 0 Å². The number of hydrogen-bond acceptors (Lipinski definition) is 1. The number of carbonyl (C=O) groups excluding carboxylic acids is 1. The molecule has 0 spiro atoms. The third-order valence-electron chi connectivity index (χ3n) is 3.69. The number of rotatable bonds is 5. The molecule has 1 aromatic rings. The summed E-state index contributed by atoms with van der Waals surface area (Å²) in [4.78, 5) is 12.2. The van der Waals surface area contributed by atoms with Crippen LogP contribution in [0.3, 0.4) is 0 Å². The molecule has 2 nitrogen and oxygen atoms in total. The van der Waals surface area contributed by atoms with Crippen molar-refractivity contribution in [2.24, 2.45) is 11.3 Å². The monoisotopic (exact) mass is 245 g/mol. The Morgan fingerprint density at radius 2 is 1.83 bits per heavy atom. The largest absolute Gasteiger partial charge is 0.349 e. The fraction of sp³-hybridized carbons (Fsp3) is 0.438. The van der Waals surface area contributed by atoms with Crippen LogP contribution in [0, 0.1) is 11.3 Å². The van der Waals surface area contributed by atoms with Crippen molar-refractivity contribution in [3.05, 3.63) is 48.6 Å². The van der Waals surface area contributed by atoms with Crippen molar-refractivity contribution >= 4 is 5.91 Å². The summed E-state index contributed by atoms with van der Waals surface area (Å²) >= 11 is 0. The van der Waals surface area contributed by atoms with Gasteiger partial charge in [-0.3, -0.25) is 4.79 Å². The smallest absolute Gasteiger partial charge is 0.224 e. The Hall–Kier alpha value is -1.57. The van der Waals surface area contributed by atoms with Crippen molar-refractivity contribution in [3.8, 4) is 0 Å². The molecular weight excluding hydrogens is 222 g/mol. The molecule has 1 rings (SSSR count). The Kier molecular flexibility index (Phi) is 4.71. The van der Waals surface area contributed by atoms with Gasteiger partial charge in [-0.15, -0.1) is 6.58 Å². The molecule has 0 fully saturated rings. The van der Waals surface area contributed by atoms with Gasteiger partial charge in [-0.2, -0.15) is 0 Å². The third kappa shape index (κ3) is 3.46. The minimum absolute atomic E-state index is 0.0294. The van der Waals surface area contributed by atoms with E-state index >= 15 is 0 Å². The van der Waals surface area contributed by atoms with Gasteiger partial charge in [0.25, 0.3) is 0 Å². The van der Waals surface area contributed by atoms with Crippen LogP contribution in [0.2, 0.25) is 0 Å². The van der Waals surface area contributed by atoms with Crippen molar-refractivity contribution in [1.82, 2.24) is 5.32 Å². The Bertz CT molecular complexity index is 408. The number of amides is 1. The number of benzene rings is 1. The van der Waals surface area contributed by atoms with E-state index in [9.17, 15) is 4.79 Å². The van der Waals surface area contributed by atoms with Gasteiger partial charge in [0.15, 0.2) is 0 Å². The minimum Gasteiger partial charge on any atom is -0.349 e. The lowest BCUT2D eigenvalue weighted by Crippen LogP contribution is -2.37. The van der Waals surface area contributed by atoms with E-state index in [1.807, 2.05) is 64.1 Å². The first-order valence-electron chi connectivity index (χ1n) is 6.37. The molecule has 0 bridgehead atoms. The van der Waals surface area contributed by atoms with Crippen LogP contribution in [0.5, 0.6) is 0 Å². The summed E-state index contributed by atoms with van der Waals surface area (Å²) in [5.74, 6) is -0.0302. The molecule has 2 atom stereocenters. The predicted molar refractivity (Wildman–Crippen MR) is 76.1 cm³/mol. The van der Waals surface area contributed by atoms with Crippen LogP contribution in [-0.2, 0) is 4.79 Å². The first kappa shape index (κ1) is 14.5. The van der Waals surface area contributed by atoms with E-state index in [-0.39, 0.29) is 23.3 Å². The van der Waals surface area contributed by atoms with E-state index in [1.165, 1.54) is 0 Å². The molecule has 0 saturated heterocycles.